The Morgan fingerprint density at radius 2 is 1.73 bits per heavy atom. The van der Waals surface area contributed by atoms with Gasteiger partial charge >= 0.3 is 12.1 Å². The number of anilines is 2. The molecule has 2 N–H and O–H groups in total. The third-order valence-electron chi connectivity index (χ3n) is 5.54. The van der Waals surface area contributed by atoms with Gasteiger partial charge in [0.15, 0.2) is 5.76 Å². The van der Waals surface area contributed by atoms with Gasteiger partial charge in [0.05, 0.1) is 32.0 Å². The second-order valence-electron chi connectivity index (χ2n) is 7.99. The van der Waals surface area contributed by atoms with Crippen LogP contribution in [0.25, 0.3) is 0 Å². The van der Waals surface area contributed by atoms with E-state index in [-0.39, 0.29) is 38.0 Å². The van der Waals surface area contributed by atoms with Gasteiger partial charge in [-0.2, -0.15) is 0 Å². The lowest BCUT2D eigenvalue weighted by Gasteiger charge is -2.42. The Morgan fingerprint density at radius 1 is 1.03 bits per heavy atom. The van der Waals surface area contributed by atoms with Crippen LogP contribution in [0.15, 0.2) is 22.7 Å². The standard InChI is InChI=1S/C21H25F2N5O5/c1-13-18(14(2)33-26-13)25-20(30)27-6-3-8-31-21(11-27)12-28(7-9-32-21)19(29)24-17-5-4-15(22)10-16(17)23/h4-5,10H,3,6-9,11-12H2,1-2H3,(H,24,29)(H,25,30). The molecule has 1 aromatic heterocycles. The molecule has 33 heavy (non-hydrogen) atoms. The predicted octanol–water partition coefficient (Wildman–Crippen LogP) is 3.08. The van der Waals surface area contributed by atoms with Crippen LogP contribution >= 0.6 is 0 Å². The molecule has 0 saturated carbocycles. The molecule has 178 valence electrons. The van der Waals surface area contributed by atoms with E-state index in [2.05, 4.69) is 15.8 Å². The second-order valence-corrected chi connectivity index (χ2v) is 7.99. The summed E-state index contributed by atoms with van der Waals surface area (Å²) in [6, 6.07) is 1.96. The van der Waals surface area contributed by atoms with Gasteiger partial charge in [-0.05, 0) is 32.4 Å². The van der Waals surface area contributed by atoms with E-state index in [1.165, 1.54) is 4.90 Å². The molecule has 1 aromatic carbocycles. The Kier molecular flexibility index (Phi) is 6.47. The molecule has 2 aliphatic rings. The highest BCUT2D eigenvalue weighted by Crippen LogP contribution is 2.27. The van der Waals surface area contributed by atoms with Crippen molar-refractivity contribution < 1.29 is 32.4 Å². The number of halogens is 2. The van der Waals surface area contributed by atoms with Crippen molar-refractivity contribution >= 4 is 23.4 Å². The molecule has 2 saturated heterocycles. The number of carbonyl (C=O) groups excluding carboxylic acids is 2. The summed E-state index contributed by atoms with van der Waals surface area (Å²) in [6.45, 7) is 4.69. The average molecular weight is 465 g/mol. The Morgan fingerprint density at radius 3 is 2.42 bits per heavy atom. The SMILES string of the molecule is Cc1noc(C)c1NC(=O)N1CCCOC2(CN(C(=O)Nc3ccc(F)cc3F)CCO2)C1. The Labute approximate surface area is 188 Å². The molecule has 3 heterocycles. The van der Waals surface area contributed by atoms with Crippen molar-refractivity contribution in [2.24, 2.45) is 0 Å². The van der Waals surface area contributed by atoms with E-state index in [1.807, 2.05) is 0 Å². The highest BCUT2D eigenvalue weighted by atomic mass is 19.1. The molecule has 0 radical (unpaired) electrons. The van der Waals surface area contributed by atoms with Gasteiger partial charge in [0.25, 0.3) is 0 Å². The molecule has 0 aliphatic carbocycles. The zero-order valence-corrected chi connectivity index (χ0v) is 18.3. The molecule has 1 atom stereocenters. The predicted molar refractivity (Wildman–Crippen MR) is 113 cm³/mol. The molecular formula is C21H25F2N5O5. The Bertz CT molecular complexity index is 1030. The quantitative estimate of drug-likeness (QED) is 0.706. The Balaban J connectivity index is 1.45. The summed E-state index contributed by atoms with van der Waals surface area (Å²) in [7, 11) is 0. The van der Waals surface area contributed by atoms with E-state index in [4.69, 9.17) is 14.0 Å². The summed E-state index contributed by atoms with van der Waals surface area (Å²) in [6.07, 6.45) is 0.577. The average Bonchev–Trinajstić information content (AvgIpc) is 2.97. The number of rotatable bonds is 2. The number of benzene rings is 1. The molecule has 2 fully saturated rings. The number of carbonyl (C=O) groups is 2. The van der Waals surface area contributed by atoms with Gasteiger partial charge in [-0.25, -0.2) is 18.4 Å². The Hall–Kier alpha value is -3.25. The van der Waals surface area contributed by atoms with Gasteiger partial charge in [0.2, 0.25) is 5.79 Å². The highest BCUT2D eigenvalue weighted by molar-refractivity contribution is 5.91. The first-order valence-electron chi connectivity index (χ1n) is 10.5. The van der Waals surface area contributed by atoms with Crippen LogP contribution in [0.1, 0.15) is 17.9 Å². The maximum Gasteiger partial charge on any atom is 0.322 e. The summed E-state index contributed by atoms with van der Waals surface area (Å²) in [5.41, 5.74) is 0.932. The van der Waals surface area contributed by atoms with E-state index in [0.29, 0.717) is 42.8 Å². The second kappa shape index (κ2) is 9.32. The largest absolute Gasteiger partial charge is 0.359 e. The molecule has 4 rings (SSSR count). The normalized spacial score (nSPS) is 21.1. The van der Waals surface area contributed by atoms with E-state index in [0.717, 1.165) is 12.1 Å². The van der Waals surface area contributed by atoms with Crippen LogP contribution in [0.5, 0.6) is 0 Å². The number of hydrogen-bond donors (Lipinski definition) is 2. The number of aryl methyl sites for hydroxylation is 2. The summed E-state index contributed by atoms with van der Waals surface area (Å²) in [5, 5.41) is 9.09. The van der Waals surface area contributed by atoms with Gasteiger partial charge in [-0.1, -0.05) is 5.16 Å². The lowest BCUT2D eigenvalue weighted by atomic mass is 10.2. The monoisotopic (exact) mass is 465 g/mol. The maximum absolute atomic E-state index is 13.9. The van der Waals surface area contributed by atoms with Crippen molar-refractivity contribution in [1.82, 2.24) is 15.0 Å². The van der Waals surface area contributed by atoms with Gasteiger partial charge < -0.3 is 34.4 Å². The van der Waals surface area contributed by atoms with Crippen LogP contribution in [-0.4, -0.2) is 72.2 Å². The summed E-state index contributed by atoms with van der Waals surface area (Å²) in [4.78, 5) is 28.7. The fourth-order valence-electron chi connectivity index (χ4n) is 3.85. The number of nitrogens with zero attached hydrogens (tertiary/aromatic N) is 3. The minimum atomic E-state index is -1.23. The van der Waals surface area contributed by atoms with Crippen molar-refractivity contribution in [2.75, 3.05) is 50.0 Å². The first kappa shape index (κ1) is 22.9. The highest BCUT2D eigenvalue weighted by Gasteiger charge is 2.43. The zero-order chi connectivity index (χ0) is 23.6. The van der Waals surface area contributed by atoms with Crippen molar-refractivity contribution in [2.45, 2.75) is 26.1 Å². The summed E-state index contributed by atoms with van der Waals surface area (Å²) >= 11 is 0. The summed E-state index contributed by atoms with van der Waals surface area (Å²) in [5.74, 6) is -2.35. The number of morpholine rings is 1. The van der Waals surface area contributed by atoms with Crippen LogP contribution in [0.4, 0.5) is 29.7 Å². The molecule has 2 aliphatic heterocycles. The molecular weight excluding hydrogens is 440 g/mol. The zero-order valence-electron chi connectivity index (χ0n) is 18.3. The first-order valence-corrected chi connectivity index (χ1v) is 10.5. The maximum atomic E-state index is 13.9. The first-order chi connectivity index (χ1) is 15.8. The molecule has 12 heteroatoms. The fourth-order valence-corrected chi connectivity index (χ4v) is 3.85. The van der Waals surface area contributed by atoms with Crippen LogP contribution in [0.3, 0.4) is 0 Å². The number of hydrogen-bond acceptors (Lipinski definition) is 6. The minimum absolute atomic E-state index is 0.0246. The third kappa shape index (κ3) is 5.06. The van der Waals surface area contributed by atoms with Crippen LogP contribution in [0.2, 0.25) is 0 Å². The molecule has 1 unspecified atom stereocenters. The molecule has 2 aromatic rings. The van der Waals surface area contributed by atoms with Crippen molar-refractivity contribution in [1.29, 1.82) is 0 Å². The lowest BCUT2D eigenvalue weighted by molar-refractivity contribution is -0.258. The molecule has 4 amide bonds. The minimum Gasteiger partial charge on any atom is -0.359 e. The van der Waals surface area contributed by atoms with Crippen molar-refractivity contribution in [3.63, 3.8) is 0 Å². The van der Waals surface area contributed by atoms with E-state index in [1.54, 1.807) is 18.7 Å². The van der Waals surface area contributed by atoms with Crippen molar-refractivity contribution in [3.05, 3.63) is 41.3 Å². The van der Waals surface area contributed by atoms with E-state index in [9.17, 15) is 18.4 Å². The van der Waals surface area contributed by atoms with Gasteiger partial charge in [-0.15, -0.1) is 0 Å². The topological polar surface area (TPSA) is 109 Å². The van der Waals surface area contributed by atoms with Crippen LogP contribution in [0, 0.1) is 25.5 Å². The number of aromatic nitrogens is 1. The van der Waals surface area contributed by atoms with Crippen LogP contribution < -0.4 is 10.6 Å². The van der Waals surface area contributed by atoms with Gasteiger partial charge in [-0.3, -0.25) is 0 Å². The van der Waals surface area contributed by atoms with Crippen LogP contribution in [-0.2, 0) is 9.47 Å². The lowest BCUT2D eigenvalue weighted by Crippen LogP contribution is -2.60. The number of urea groups is 2. The molecule has 1 spiro atoms. The smallest absolute Gasteiger partial charge is 0.322 e. The summed E-state index contributed by atoms with van der Waals surface area (Å²) < 4.78 is 44.0. The third-order valence-corrected chi connectivity index (χ3v) is 5.54. The number of nitrogens with one attached hydrogen (secondary N) is 2. The fraction of sp³-hybridized carbons (Fsp3) is 0.476. The number of amides is 4. The van der Waals surface area contributed by atoms with E-state index >= 15 is 0 Å². The van der Waals surface area contributed by atoms with Gasteiger partial charge in [0.1, 0.15) is 23.0 Å². The molecule has 10 nitrogen and oxygen atoms in total. The van der Waals surface area contributed by atoms with Gasteiger partial charge in [0, 0.05) is 19.2 Å². The number of ether oxygens (including phenoxy) is 2. The molecule has 0 bridgehead atoms. The van der Waals surface area contributed by atoms with E-state index < -0.39 is 23.5 Å². The van der Waals surface area contributed by atoms with Crippen molar-refractivity contribution in [3.8, 4) is 0 Å².